The van der Waals surface area contributed by atoms with Crippen molar-refractivity contribution < 1.29 is 4.39 Å². The molecule has 1 aromatic carbocycles. The Bertz CT molecular complexity index is 359. The molecular formula is C13H19ClFN. The van der Waals surface area contributed by atoms with Crippen molar-refractivity contribution in [1.82, 2.24) is 0 Å². The maximum atomic E-state index is 14.3. The summed E-state index contributed by atoms with van der Waals surface area (Å²) in [5.74, 6) is -0.00206. The normalized spacial score (nSPS) is 10.9. The molecule has 1 aromatic rings. The van der Waals surface area contributed by atoms with E-state index in [0.717, 1.165) is 18.7 Å². The van der Waals surface area contributed by atoms with Crippen molar-refractivity contribution in [2.24, 2.45) is 0 Å². The van der Waals surface area contributed by atoms with Gasteiger partial charge in [-0.05, 0) is 31.4 Å². The van der Waals surface area contributed by atoms with E-state index in [1.54, 1.807) is 12.1 Å². The first-order valence-electron chi connectivity index (χ1n) is 5.75. The number of nitrogens with zero attached hydrogens (tertiary/aromatic N) is 1. The predicted octanol–water partition coefficient (Wildman–Crippen LogP) is 4.45. The second kappa shape index (κ2) is 5.53. The van der Waals surface area contributed by atoms with Gasteiger partial charge in [-0.15, -0.1) is 0 Å². The van der Waals surface area contributed by atoms with Crippen LogP contribution < -0.4 is 4.90 Å². The van der Waals surface area contributed by atoms with Crippen LogP contribution in [-0.2, 0) is 0 Å². The van der Waals surface area contributed by atoms with Gasteiger partial charge in [0.2, 0.25) is 0 Å². The summed E-state index contributed by atoms with van der Waals surface area (Å²) in [5.41, 5.74) is 1.27. The monoisotopic (exact) mass is 243 g/mol. The fraction of sp³-hybridized carbons (Fsp3) is 0.538. The molecule has 0 fully saturated rings. The molecule has 0 amide bonds. The minimum Gasteiger partial charge on any atom is -0.369 e. The van der Waals surface area contributed by atoms with Crippen LogP contribution in [0.5, 0.6) is 0 Å². The first kappa shape index (κ1) is 13.3. The molecule has 0 radical (unpaired) electrons. The van der Waals surface area contributed by atoms with E-state index in [0.29, 0.717) is 10.7 Å². The van der Waals surface area contributed by atoms with Gasteiger partial charge in [0.1, 0.15) is 0 Å². The number of benzene rings is 1. The summed E-state index contributed by atoms with van der Waals surface area (Å²) in [4.78, 5) is 1.95. The highest BCUT2D eigenvalue weighted by Crippen LogP contribution is 2.33. The van der Waals surface area contributed by atoms with E-state index < -0.39 is 0 Å². The summed E-state index contributed by atoms with van der Waals surface area (Å²) in [6, 6.07) is 3.56. The molecule has 0 unspecified atom stereocenters. The lowest BCUT2D eigenvalue weighted by molar-refractivity contribution is 0.592. The molecule has 90 valence electrons. The van der Waals surface area contributed by atoms with E-state index in [1.165, 1.54) is 0 Å². The Morgan fingerprint density at radius 2 is 1.81 bits per heavy atom. The molecule has 0 aliphatic rings. The standard InChI is InChI=1S/C13H19ClFN/c1-5-16(6-2)13-11(14)8-7-10(9(3)4)12(13)15/h7-9H,5-6H2,1-4H3. The fourth-order valence-corrected chi connectivity index (χ4v) is 2.10. The summed E-state index contributed by atoms with van der Waals surface area (Å²) in [7, 11) is 0. The molecule has 0 saturated heterocycles. The second-order valence-corrected chi connectivity index (χ2v) is 4.53. The topological polar surface area (TPSA) is 3.24 Å². The SMILES string of the molecule is CCN(CC)c1c(Cl)ccc(C(C)C)c1F. The van der Waals surface area contributed by atoms with Crippen LogP contribution in [0.4, 0.5) is 10.1 Å². The lowest BCUT2D eigenvalue weighted by Gasteiger charge is -2.24. The molecule has 0 spiro atoms. The molecule has 1 nitrogen and oxygen atoms in total. The molecule has 0 aromatic heterocycles. The maximum Gasteiger partial charge on any atom is 0.151 e. The van der Waals surface area contributed by atoms with Crippen LogP contribution in [0.25, 0.3) is 0 Å². The second-order valence-electron chi connectivity index (χ2n) is 4.13. The first-order chi connectivity index (χ1) is 7.52. The predicted molar refractivity (Wildman–Crippen MR) is 69.1 cm³/mol. The molecule has 1 rings (SSSR count). The van der Waals surface area contributed by atoms with Crippen LogP contribution in [-0.4, -0.2) is 13.1 Å². The van der Waals surface area contributed by atoms with E-state index in [1.807, 2.05) is 32.6 Å². The van der Waals surface area contributed by atoms with Gasteiger partial charge in [0.25, 0.3) is 0 Å². The third kappa shape index (κ3) is 2.49. The zero-order chi connectivity index (χ0) is 12.3. The van der Waals surface area contributed by atoms with Crippen LogP contribution >= 0.6 is 11.6 Å². The Labute approximate surface area is 102 Å². The van der Waals surface area contributed by atoms with Gasteiger partial charge in [-0.2, -0.15) is 0 Å². The van der Waals surface area contributed by atoms with Gasteiger partial charge < -0.3 is 4.90 Å². The summed E-state index contributed by atoms with van der Waals surface area (Å²) >= 11 is 6.08. The van der Waals surface area contributed by atoms with E-state index >= 15 is 0 Å². The first-order valence-corrected chi connectivity index (χ1v) is 6.13. The molecule has 0 N–H and O–H groups in total. The molecule has 0 aliphatic heterocycles. The molecule has 0 heterocycles. The van der Waals surface area contributed by atoms with Crippen LogP contribution in [0.15, 0.2) is 12.1 Å². The summed E-state index contributed by atoms with van der Waals surface area (Å²) < 4.78 is 14.3. The van der Waals surface area contributed by atoms with Crippen molar-refractivity contribution in [3.63, 3.8) is 0 Å². The van der Waals surface area contributed by atoms with Crippen molar-refractivity contribution in [1.29, 1.82) is 0 Å². The van der Waals surface area contributed by atoms with E-state index in [9.17, 15) is 4.39 Å². The fourth-order valence-electron chi connectivity index (χ4n) is 1.83. The van der Waals surface area contributed by atoms with Crippen LogP contribution in [0, 0.1) is 5.82 Å². The molecular weight excluding hydrogens is 225 g/mol. The van der Waals surface area contributed by atoms with Gasteiger partial charge in [0.05, 0.1) is 10.7 Å². The minimum absolute atomic E-state index is 0.173. The van der Waals surface area contributed by atoms with Crippen molar-refractivity contribution in [2.45, 2.75) is 33.6 Å². The molecule has 0 saturated carbocycles. The molecule has 16 heavy (non-hydrogen) atoms. The minimum atomic E-state index is -0.175. The van der Waals surface area contributed by atoms with E-state index in [-0.39, 0.29) is 11.7 Å². The Morgan fingerprint density at radius 1 is 1.25 bits per heavy atom. The number of hydrogen-bond acceptors (Lipinski definition) is 1. The highest BCUT2D eigenvalue weighted by molar-refractivity contribution is 6.33. The number of hydrogen-bond donors (Lipinski definition) is 0. The maximum absolute atomic E-state index is 14.3. The molecule has 0 bridgehead atoms. The lowest BCUT2D eigenvalue weighted by Crippen LogP contribution is -2.24. The van der Waals surface area contributed by atoms with Gasteiger partial charge in [0.15, 0.2) is 5.82 Å². The van der Waals surface area contributed by atoms with E-state index in [4.69, 9.17) is 11.6 Å². The summed E-state index contributed by atoms with van der Waals surface area (Å²) in [6.07, 6.45) is 0. The van der Waals surface area contributed by atoms with Crippen molar-refractivity contribution >= 4 is 17.3 Å². The average molecular weight is 244 g/mol. The van der Waals surface area contributed by atoms with Crippen LogP contribution in [0.1, 0.15) is 39.2 Å². The van der Waals surface area contributed by atoms with Crippen molar-refractivity contribution in [2.75, 3.05) is 18.0 Å². The Balaban J connectivity index is 3.30. The number of rotatable bonds is 4. The van der Waals surface area contributed by atoms with Gasteiger partial charge in [-0.25, -0.2) is 4.39 Å². The summed E-state index contributed by atoms with van der Waals surface area (Å²) in [6.45, 7) is 9.49. The Morgan fingerprint density at radius 3 is 2.25 bits per heavy atom. The van der Waals surface area contributed by atoms with Crippen molar-refractivity contribution in [3.05, 3.63) is 28.5 Å². The molecule has 0 aliphatic carbocycles. The van der Waals surface area contributed by atoms with Gasteiger partial charge in [-0.3, -0.25) is 0 Å². The van der Waals surface area contributed by atoms with E-state index in [2.05, 4.69) is 0 Å². The molecule has 0 atom stereocenters. The van der Waals surface area contributed by atoms with Crippen LogP contribution in [0.2, 0.25) is 5.02 Å². The highest BCUT2D eigenvalue weighted by Gasteiger charge is 2.17. The Kier molecular flexibility index (Phi) is 4.60. The van der Waals surface area contributed by atoms with Gasteiger partial charge in [-0.1, -0.05) is 31.5 Å². The third-order valence-corrected chi connectivity index (χ3v) is 3.10. The Hall–Kier alpha value is -0.760. The number of halogens is 2. The number of anilines is 1. The van der Waals surface area contributed by atoms with Crippen LogP contribution in [0.3, 0.4) is 0 Å². The average Bonchev–Trinajstić information content (AvgIpc) is 2.23. The largest absolute Gasteiger partial charge is 0.369 e. The van der Waals surface area contributed by atoms with Gasteiger partial charge >= 0.3 is 0 Å². The lowest BCUT2D eigenvalue weighted by atomic mass is 10.0. The van der Waals surface area contributed by atoms with Gasteiger partial charge in [0, 0.05) is 13.1 Å². The zero-order valence-corrected chi connectivity index (χ0v) is 11.1. The molecule has 3 heteroatoms. The highest BCUT2D eigenvalue weighted by atomic mass is 35.5. The zero-order valence-electron chi connectivity index (χ0n) is 10.3. The smallest absolute Gasteiger partial charge is 0.151 e. The van der Waals surface area contributed by atoms with Crippen molar-refractivity contribution in [3.8, 4) is 0 Å². The third-order valence-electron chi connectivity index (χ3n) is 2.80. The summed E-state index contributed by atoms with van der Waals surface area (Å²) in [5, 5.41) is 0.491. The quantitative estimate of drug-likeness (QED) is 0.755.